The van der Waals surface area contributed by atoms with Crippen molar-refractivity contribution in [2.75, 3.05) is 13.1 Å². The van der Waals surface area contributed by atoms with Crippen LogP contribution in [0.2, 0.25) is 5.02 Å². The highest BCUT2D eigenvalue weighted by Gasteiger charge is 2.31. The molecule has 0 bridgehead atoms. The van der Waals surface area contributed by atoms with E-state index in [4.69, 9.17) is 11.6 Å². The highest BCUT2D eigenvalue weighted by atomic mass is 79.9. The van der Waals surface area contributed by atoms with Crippen molar-refractivity contribution in [3.05, 3.63) is 33.3 Å². The predicted octanol–water partition coefficient (Wildman–Crippen LogP) is 4.75. The summed E-state index contributed by atoms with van der Waals surface area (Å²) in [5, 5.41) is 0.510. The summed E-state index contributed by atoms with van der Waals surface area (Å²) >= 11 is 9.56. The molecule has 0 atom stereocenters. The Kier molecular flexibility index (Phi) is 4.57. The Morgan fingerprint density at radius 2 is 2.05 bits per heavy atom. The van der Waals surface area contributed by atoms with E-state index in [2.05, 4.69) is 29.8 Å². The molecule has 1 aliphatic rings. The number of carbonyl (C=O) groups excluding carboxylic acids is 1. The molecule has 1 saturated heterocycles. The lowest BCUT2D eigenvalue weighted by molar-refractivity contribution is 0.0600. The van der Waals surface area contributed by atoms with Gasteiger partial charge in [0.15, 0.2) is 0 Å². The third kappa shape index (κ3) is 3.14. The van der Waals surface area contributed by atoms with E-state index in [1.165, 1.54) is 6.42 Å². The molecule has 0 spiro atoms. The van der Waals surface area contributed by atoms with Gasteiger partial charge in [-0.1, -0.05) is 37.9 Å². The summed E-state index contributed by atoms with van der Waals surface area (Å²) < 4.78 is 0.774. The third-order valence-corrected chi connectivity index (χ3v) is 5.59. The van der Waals surface area contributed by atoms with Gasteiger partial charge in [0.1, 0.15) is 0 Å². The maximum Gasteiger partial charge on any atom is 0.255 e. The van der Waals surface area contributed by atoms with Crippen molar-refractivity contribution < 1.29 is 4.79 Å². The molecule has 0 radical (unpaired) electrons. The van der Waals surface area contributed by atoms with E-state index in [-0.39, 0.29) is 5.91 Å². The van der Waals surface area contributed by atoms with E-state index < -0.39 is 0 Å². The lowest BCUT2D eigenvalue weighted by Gasteiger charge is -2.39. The fourth-order valence-corrected chi connectivity index (χ4v) is 3.02. The van der Waals surface area contributed by atoms with Crippen molar-refractivity contribution in [1.82, 2.24) is 4.90 Å². The average molecular weight is 345 g/mol. The fourth-order valence-electron chi connectivity index (χ4n) is 2.44. The fraction of sp³-hybridized carbons (Fsp3) is 0.533. The lowest BCUT2D eigenvalue weighted by Crippen LogP contribution is -2.42. The number of amides is 1. The molecule has 0 aliphatic carbocycles. The van der Waals surface area contributed by atoms with Crippen molar-refractivity contribution >= 4 is 33.4 Å². The van der Waals surface area contributed by atoms with Gasteiger partial charge >= 0.3 is 0 Å². The summed E-state index contributed by atoms with van der Waals surface area (Å²) in [5.74, 6) is 0.0458. The van der Waals surface area contributed by atoms with Gasteiger partial charge in [-0.05, 0) is 46.3 Å². The van der Waals surface area contributed by atoms with Crippen LogP contribution < -0.4 is 0 Å². The van der Waals surface area contributed by atoms with Crippen LogP contribution in [0.25, 0.3) is 0 Å². The smallest absolute Gasteiger partial charge is 0.255 e. The highest BCUT2D eigenvalue weighted by Crippen LogP contribution is 2.35. The highest BCUT2D eigenvalue weighted by molar-refractivity contribution is 9.10. The molecule has 104 valence electrons. The van der Waals surface area contributed by atoms with E-state index in [0.717, 1.165) is 30.4 Å². The molecule has 2 nitrogen and oxygen atoms in total. The van der Waals surface area contributed by atoms with Crippen LogP contribution in [0.3, 0.4) is 0 Å². The molecule has 19 heavy (non-hydrogen) atoms. The maximum absolute atomic E-state index is 12.5. The first-order chi connectivity index (χ1) is 8.97. The number of nitrogens with zero attached hydrogens (tertiary/aromatic N) is 1. The zero-order valence-corrected chi connectivity index (χ0v) is 13.7. The SMILES string of the molecule is CCC1(C)CCN(C(=O)c2cccc(Br)c2Cl)CC1. The maximum atomic E-state index is 12.5. The van der Waals surface area contributed by atoms with Gasteiger partial charge in [-0.2, -0.15) is 0 Å². The van der Waals surface area contributed by atoms with Crippen molar-refractivity contribution in [2.45, 2.75) is 33.1 Å². The quantitative estimate of drug-likeness (QED) is 0.758. The molecule has 1 fully saturated rings. The van der Waals surface area contributed by atoms with Crippen molar-refractivity contribution in [1.29, 1.82) is 0 Å². The standard InChI is InChI=1S/C15H19BrClNO/c1-3-15(2)7-9-18(10-8-15)14(19)11-5-4-6-12(16)13(11)17/h4-6H,3,7-10H2,1-2H3. The van der Waals surface area contributed by atoms with Crippen LogP contribution >= 0.6 is 27.5 Å². The van der Waals surface area contributed by atoms with Crippen LogP contribution in [0, 0.1) is 5.41 Å². The minimum absolute atomic E-state index is 0.0458. The van der Waals surface area contributed by atoms with E-state index >= 15 is 0 Å². The van der Waals surface area contributed by atoms with Gasteiger partial charge in [0, 0.05) is 17.6 Å². The zero-order chi connectivity index (χ0) is 14.0. The molecule has 1 aliphatic heterocycles. The van der Waals surface area contributed by atoms with E-state index in [1.54, 1.807) is 6.07 Å². The topological polar surface area (TPSA) is 20.3 Å². The van der Waals surface area contributed by atoms with Crippen molar-refractivity contribution in [3.63, 3.8) is 0 Å². The normalized spacial score (nSPS) is 18.4. The summed E-state index contributed by atoms with van der Waals surface area (Å²) in [6, 6.07) is 5.50. The number of hydrogen-bond donors (Lipinski definition) is 0. The molecule has 0 N–H and O–H groups in total. The monoisotopic (exact) mass is 343 g/mol. The first-order valence-electron chi connectivity index (χ1n) is 6.70. The number of rotatable bonds is 2. The Morgan fingerprint density at radius 3 is 2.63 bits per heavy atom. The molecule has 4 heteroatoms. The van der Waals surface area contributed by atoms with Gasteiger partial charge < -0.3 is 4.90 Å². The van der Waals surface area contributed by atoms with Gasteiger partial charge in [0.25, 0.3) is 5.91 Å². The van der Waals surface area contributed by atoms with Gasteiger partial charge in [0.2, 0.25) is 0 Å². The summed E-state index contributed by atoms with van der Waals surface area (Å²) in [7, 11) is 0. The van der Waals surface area contributed by atoms with Crippen LogP contribution in [0.15, 0.2) is 22.7 Å². The first kappa shape index (κ1) is 14.9. The third-order valence-electron chi connectivity index (χ3n) is 4.29. The average Bonchev–Trinajstić information content (AvgIpc) is 2.42. The van der Waals surface area contributed by atoms with E-state index in [1.807, 2.05) is 17.0 Å². The largest absolute Gasteiger partial charge is 0.339 e. The summed E-state index contributed by atoms with van der Waals surface area (Å²) in [6.45, 7) is 6.18. The van der Waals surface area contributed by atoms with Crippen molar-refractivity contribution in [3.8, 4) is 0 Å². The Balaban J connectivity index is 2.12. The van der Waals surface area contributed by atoms with Crippen LogP contribution in [-0.2, 0) is 0 Å². The molecular weight excluding hydrogens is 326 g/mol. The second-order valence-corrected chi connectivity index (χ2v) is 6.79. The number of carbonyl (C=O) groups is 1. The molecule has 1 aromatic carbocycles. The van der Waals surface area contributed by atoms with Gasteiger partial charge in [-0.15, -0.1) is 0 Å². The van der Waals surface area contributed by atoms with Crippen LogP contribution in [0.4, 0.5) is 0 Å². The number of likely N-dealkylation sites (tertiary alicyclic amines) is 1. The second kappa shape index (κ2) is 5.84. The number of hydrogen-bond acceptors (Lipinski definition) is 1. The molecule has 0 unspecified atom stereocenters. The van der Waals surface area contributed by atoms with Gasteiger partial charge in [0.05, 0.1) is 10.6 Å². The number of benzene rings is 1. The Hall–Kier alpha value is -0.540. The van der Waals surface area contributed by atoms with Crippen LogP contribution in [0.5, 0.6) is 0 Å². The van der Waals surface area contributed by atoms with Crippen LogP contribution in [-0.4, -0.2) is 23.9 Å². The summed E-state index contributed by atoms with van der Waals surface area (Å²) in [5.41, 5.74) is 0.980. The van der Waals surface area contributed by atoms with Gasteiger partial charge in [-0.25, -0.2) is 0 Å². The molecule has 1 amide bonds. The Labute approximate surface area is 128 Å². The molecule has 2 rings (SSSR count). The van der Waals surface area contributed by atoms with E-state index in [9.17, 15) is 4.79 Å². The lowest BCUT2D eigenvalue weighted by atomic mass is 9.78. The summed E-state index contributed by atoms with van der Waals surface area (Å²) in [4.78, 5) is 14.4. The molecule has 1 aromatic rings. The van der Waals surface area contributed by atoms with E-state index in [0.29, 0.717) is 16.0 Å². The predicted molar refractivity (Wildman–Crippen MR) is 82.7 cm³/mol. The molecule has 0 saturated carbocycles. The zero-order valence-electron chi connectivity index (χ0n) is 11.4. The molecule has 1 heterocycles. The second-order valence-electron chi connectivity index (χ2n) is 5.56. The minimum Gasteiger partial charge on any atom is -0.339 e. The number of piperidine rings is 1. The van der Waals surface area contributed by atoms with Crippen LogP contribution in [0.1, 0.15) is 43.5 Å². The first-order valence-corrected chi connectivity index (χ1v) is 7.87. The van der Waals surface area contributed by atoms with Gasteiger partial charge in [-0.3, -0.25) is 4.79 Å². The molecular formula is C15H19BrClNO. The number of halogens is 2. The van der Waals surface area contributed by atoms with Crippen molar-refractivity contribution in [2.24, 2.45) is 5.41 Å². The minimum atomic E-state index is 0.0458. The molecule has 0 aromatic heterocycles. The summed E-state index contributed by atoms with van der Waals surface area (Å²) in [6.07, 6.45) is 3.31. The Bertz CT molecular complexity index is 481. The Morgan fingerprint density at radius 1 is 1.42 bits per heavy atom.